The van der Waals surface area contributed by atoms with Crippen molar-refractivity contribution in [3.8, 4) is 0 Å². The molecule has 0 spiro atoms. The van der Waals surface area contributed by atoms with Gasteiger partial charge in [0.15, 0.2) is 0 Å². The van der Waals surface area contributed by atoms with E-state index in [1.54, 1.807) is 0 Å². The Morgan fingerprint density at radius 3 is 0.362 bits per heavy atom. The summed E-state index contributed by atoms with van der Waals surface area (Å²) in [6.45, 7) is 29.8. The predicted molar refractivity (Wildman–Crippen MR) is 320 cm³/mol. The van der Waals surface area contributed by atoms with E-state index in [4.69, 9.17) is 0 Å². The molecule has 4 nitrogen and oxygen atoms in total. The zero-order valence-corrected chi connectivity index (χ0v) is 50.7. The van der Waals surface area contributed by atoms with Gasteiger partial charge in [0.05, 0.1) is 0 Å². The highest BCUT2D eigenvalue weighted by atomic mass is 31.2. The fraction of sp³-hybridized carbons (Fsp3) is 1.00. The zero-order chi connectivity index (χ0) is 50.4. The van der Waals surface area contributed by atoms with Crippen LogP contribution < -0.4 is 0 Å². The van der Waals surface area contributed by atoms with E-state index >= 15 is 0 Å². The standard InChI is InChI=1S/C64H136N4P/c1-9-17-25-33-41-49-57-65(58-50-42-34-26-18-10-2)69(66(59-51-43-35-27-19-11-3)60-52-44-36-28-20-12-4,67(61-53-45-37-29-21-13-5)62-54-46-38-30-22-14-6)68(63-55-47-39-31-23-15-7)64-56-48-40-32-24-16-8/h9-64H2,1-8H3/q+1. The van der Waals surface area contributed by atoms with Crippen LogP contribution in [0.2, 0.25) is 0 Å². The molecule has 0 unspecified atom stereocenters. The Hall–Kier alpha value is 0.270. The first-order valence-electron chi connectivity index (χ1n) is 33.0. The van der Waals surface area contributed by atoms with Crippen molar-refractivity contribution < 1.29 is 0 Å². The number of nitrogens with zero attached hydrogens (tertiary/aromatic N) is 4. The minimum absolute atomic E-state index is 1.32. The molecule has 0 heterocycles. The number of unbranched alkanes of at least 4 members (excludes halogenated alkanes) is 40. The Bertz CT molecular complexity index is 733. The van der Waals surface area contributed by atoms with Gasteiger partial charge in [0.1, 0.15) is 0 Å². The highest BCUT2D eigenvalue weighted by Crippen LogP contribution is 2.71. The summed E-state index contributed by atoms with van der Waals surface area (Å²) in [6, 6.07) is 0. The minimum Gasteiger partial charge on any atom is -0.133 e. The van der Waals surface area contributed by atoms with Crippen LogP contribution in [0.25, 0.3) is 0 Å². The van der Waals surface area contributed by atoms with Crippen molar-refractivity contribution in [2.75, 3.05) is 52.4 Å². The molecule has 0 atom stereocenters. The Morgan fingerprint density at radius 1 is 0.145 bits per heavy atom. The minimum atomic E-state index is -2.09. The fourth-order valence-electron chi connectivity index (χ4n) is 11.2. The van der Waals surface area contributed by atoms with E-state index in [2.05, 4.69) is 74.1 Å². The molecular weight excluding hydrogens is 856 g/mol. The van der Waals surface area contributed by atoms with Crippen LogP contribution in [0, 0.1) is 0 Å². The van der Waals surface area contributed by atoms with Gasteiger partial charge in [-0.3, -0.25) is 0 Å². The van der Waals surface area contributed by atoms with Gasteiger partial charge in [-0.25, -0.2) is 0 Å². The summed E-state index contributed by atoms with van der Waals surface area (Å²) in [7, 11) is -2.09. The third-order valence-electron chi connectivity index (χ3n) is 15.7. The Labute approximate surface area is 440 Å². The third kappa shape index (κ3) is 38.5. The van der Waals surface area contributed by atoms with Crippen molar-refractivity contribution in [3.05, 3.63) is 0 Å². The number of rotatable bonds is 60. The summed E-state index contributed by atoms with van der Waals surface area (Å²) in [5, 5.41) is 0. The maximum Gasteiger partial charge on any atom is 0.308 e. The maximum absolute atomic E-state index is 3.39. The van der Waals surface area contributed by atoms with Gasteiger partial charge >= 0.3 is 7.87 Å². The second-order valence-electron chi connectivity index (χ2n) is 22.5. The van der Waals surface area contributed by atoms with Crippen LogP contribution in [0.5, 0.6) is 0 Å². The molecule has 0 amide bonds. The van der Waals surface area contributed by atoms with E-state index in [0.29, 0.717) is 0 Å². The first-order valence-corrected chi connectivity index (χ1v) is 34.6. The van der Waals surface area contributed by atoms with Gasteiger partial charge < -0.3 is 0 Å². The second-order valence-corrected chi connectivity index (χ2v) is 25.8. The summed E-state index contributed by atoms with van der Waals surface area (Å²) in [5.74, 6) is 0. The third-order valence-corrected chi connectivity index (χ3v) is 20.3. The SMILES string of the molecule is CCCCCCCCN(CCCCCCCC)[P+](N(CCCCCCCC)CCCCCCCC)(N(CCCCCCCC)CCCCCCCC)N(CCCCCCCC)CCCCCCCC. The first-order chi connectivity index (χ1) is 34.1. The highest BCUT2D eigenvalue weighted by Gasteiger charge is 2.60. The van der Waals surface area contributed by atoms with Gasteiger partial charge in [0.2, 0.25) is 0 Å². The Morgan fingerprint density at radius 2 is 0.246 bits per heavy atom. The van der Waals surface area contributed by atoms with Gasteiger partial charge in [-0.15, -0.1) is 18.7 Å². The average Bonchev–Trinajstić information content (AvgIpc) is 3.36. The van der Waals surface area contributed by atoms with Crippen LogP contribution in [0.1, 0.15) is 364 Å². The lowest BCUT2D eigenvalue weighted by molar-refractivity contribution is 0.217. The van der Waals surface area contributed by atoms with Gasteiger partial charge in [0, 0.05) is 52.4 Å². The van der Waals surface area contributed by atoms with Crippen LogP contribution in [0.3, 0.4) is 0 Å². The molecule has 5 heteroatoms. The van der Waals surface area contributed by atoms with E-state index < -0.39 is 7.87 Å². The molecule has 0 N–H and O–H groups in total. The largest absolute Gasteiger partial charge is 0.308 e. The maximum atomic E-state index is 3.39. The van der Waals surface area contributed by atoms with E-state index in [9.17, 15) is 0 Å². The van der Waals surface area contributed by atoms with Gasteiger partial charge in [-0.05, 0) is 51.4 Å². The van der Waals surface area contributed by atoms with Crippen molar-refractivity contribution in [1.29, 1.82) is 0 Å². The lowest BCUT2D eigenvalue weighted by Crippen LogP contribution is -2.54. The number of hydrogen-bond donors (Lipinski definition) is 0. The molecule has 0 fully saturated rings. The molecule has 0 aromatic rings. The first kappa shape index (κ1) is 69.3. The van der Waals surface area contributed by atoms with E-state index in [1.807, 2.05) is 0 Å². The molecule has 0 aliphatic rings. The van der Waals surface area contributed by atoms with E-state index in [0.717, 1.165) is 0 Å². The quantitative estimate of drug-likeness (QED) is 0.0445. The highest BCUT2D eigenvalue weighted by molar-refractivity contribution is 7.66. The van der Waals surface area contributed by atoms with Crippen LogP contribution in [0.15, 0.2) is 0 Å². The fourth-order valence-corrected chi connectivity index (χ4v) is 16.6. The van der Waals surface area contributed by atoms with Crippen molar-refractivity contribution in [2.24, 2.45) is 0 Å². The molecule has 0 aliphatic carbocycles. The lowest BCUT2D eigenvalue weighted by atomic mass is 10.1. The summed E-state index contributed by atoms with van der Waals surface area (Å²) in [4.78, 5) is 0. The van der Waals surface area contributed by atoms with E-state index in [1.165, 1.54) is 361 Å². The summed E-state index contributed by atoms with van der Waals surface area (Å²) in [6.07, 6.45) is 67.6. The Kier molecular flexibility index (Phi) is 56.2. The predicted octanol–water partition coefficient (Wildman–Crippen LogP) is 22.8. The number of hydrogen-bond acceptors (Lipinski definition) is 4. The zero-order valence-electron chi connectivity index (χ0n) is 49.8. The molecule has 0 radical (unpaired) electrons. The summed E-state index contributed by atoms with van der Waals surface area (Å²) in [5.41, 5.74) is 0. The van der Waals surface area contributed by atoms with Crippen molar-refractivity contribution in [2.45, 2.75) is 364 Å². The van der Waals surface area contributed by atoms with Gasteiger partial charge in [-0.1, -0.05) is 312 Å². The molecular formula is C64H136N4P+. The molecule has 0 saturated heterocycles. The summed E-state index contributed by atoms with van der Waals surface area (Å²) >= 11 is 0. The molecule has 0 aromatic heterocycles. The summed E-state index contributed by atoms with van der Waals surface area (Å²) < 4.78 is 13.6. The molecule has 0 saturated carbocycles. The van der Waals surface area contributed by atoms with Crippen LogP contribution in [-0.2, 0) is 0 Å². The van der Waals surface area contributed by atoms with Crippen molar-refractivity contribution >= 4 is 7.87 Å². The van der Waals surface area contributed by atoms with Crippen LogP contribution >= 0.6 is 7.87 Å². The smallest absolute Gasteiger partial charge is 0.133 e. The van der Waals surface area contributed by atoms with Crippen molar-refractivity contribution in [3.63, 3.8) is 0 Å². The van der Waals surface area contributed by atoms with Crippen molar-refractivity contribution in [1.82, 2.24) is 18.7 Å². The normalized spacial score (nSPS) is 12.3. The topological polar surface area (TPSA) is 13.0 Å². The molecule has 0 bridgehead atoms. The molecule has 416 valence electrons. The molecule has 0 rings (SSSR count). The lowest BCUT2D eigenvalue weighted by Gasteiger charge is -2.52. The molecule has 69 heavy (non-hydrogen) atoms. The van der Waals surface area contributed by atoms with E-state index in [-0.39, 0.29) is 0 Å². The molecule has 0 aromatic carbocycles. The average molecular weight is 993 g/mol. The molecule has 0 aliphatic heterocycles. The second kappa shape index (κ2) is 56.0. The monoisotopic (exact) mass is 992 g/mol. The van der Waals surface area contributed by atoms with Gasteiger partial charge in [-0.2, -0.15) is 0 Å². The van der Waals surface area contributed by atoms with Crippen LogP contribution in [-0.4, -0.2) is 71.0 Å². The van der Waals surface area contributed by atoms with Gasteiger partial charge in [0.25, 0.3) is 0 Å². The van der Waals surface area contributed by atoms with Crippen LogP contribution in [0.4, 0.5) is 0 Å². The Balaban J connectivity index is 8.12.